The van der Waals surface area contributed by atoms with Crippen LogP contribution in [0, 0.1) is 6.92 Å². The normalized spacial score (nSPS) is 19.7. The maximum atomic E-state index is 13.0. The first-order chi connectivity index (χ1) is 9.45. The van der Waals surface area contributed by atoms with Crippen LogP contribution in [0.1, 0.15) is 29.2 Å². The Kier molecular flexibility index (Phi) is 3.17. The van der Waals surface area contributed by atoms with Gasteiger partial charge in [0.05, 0.1) is 5.52 Å². The summed E-state index contributed by atoms with van der Waals surface area (Å²) in [6.45, 7) is 3.43. The standard InChI is InChI=1S/C15H15F3N2/c1-9-2-3-11-12(10-4-5-19-8-10)7-14(15(16,17)18)20-13(11)6-9/h2-3,6-7,10,19H,4-5,8H2,1H3. The first-order valence-electron chi connectivity index (χ1n) is 6.64. The molecule has 1 unspecified atom stereocenters. The minimum absolute atomic E-state index is 0.129. The zero-order valence-electron chi connectivity index (χ0n) is 11.1. The van der Waals surface area contributed by atoms with E-state index in [2.05, 4.69) is 10.3 Å². The van der Waals surface area contributed by atoms with Crippen LogP contribution in [0.4, 0.5) is 13.2 Å². The Bertz CT molecular complexity index is 643. The Labute approximate surface area is 115 Å². The summed E-state index contributed by atoms with van der Waals surface area (Å²) in [5.74, 6) is 0.129. The molecule has 1 atom stereocenters. The molecule has 2 heterocycles. The quantitative estimate of drug-likeness (QED) is 0.862. The van der Waals surface area contributed by atoms with Crippen molar-refractivity contribution in [1.29, 1.82) is 0 Å². The molecule has 0 radical (unpaired) electrons. The van der Waals surface area contributed by atoms with Crippen molar-refractivity contribution >= 4 is 10.9 Å². The number of aryl methyl sites for hydroxylation is 1. The molecule has 20 heavy (non-hydrogen) atoms. The first-order valence-corrected chi connectivity index (χ1v) is 6.64. The molecule has 1 fully saturated rings. The second kappa shape index (κ2) is 4.74. The predicted octanol–water partition coefficient (Wildman–Crippen LogP) is 3.64. The molecular formula is C15H15F3N2. The van der Waals surface area contributed by atoms with Crippen LogP contribution in [0.5, 0.6) is 0 Å². The van der Waals surface area contributed by atoms with Gasteiger partial charge in [0.25, 0.3) is 0 Å². The highest BCUT2D eigenvalue weighted by atomic mass is 19.4. The van der Waals surface area contributed by atoms with E-state index >= 15 is 0 Å². The summed E-state index contributed by atoms with van der Waals surface area (Å²) in [7, 11) is 0. The number of halogens is 3. The number of aromatic nitrogens is 1. The highest BCUT2D eigenvalue weighted by molar-refractivity contribution is 5.83. The summed E-state index contributed by atoms with van der Waals surface area (Å²) >= 11 is 0. The fraction of sp³-hybridized carbons (Fsp3) is 0.400. The van der Waals surface area contributed by atoms with Gasteiger partial charge in [0.15, 0.2) is 0 Å². The van der Waals surface area contributed by atoms with Crippen LogP contribution in [0.2, 0.25) is 0 Å². The number of fused-ring (bicyclic) bond motifs is 1. The van der Waals surface area contributed by atoms with E-state index in [9.17, 15) is 13.2 Å². The van der Waals surface area contributed by atoms with E-state index in [0.717, 1.165) is 36.0 Å². The largest absolute Gasteiger partial charge is 0.433 e. The second-order valence-electron chi connectivity index (χ2n) is 5.30. The topological polar surface area (TPSA) is 24.9 Å². The number of pyridine rings is 1. The molecular weight excluding hydrogens is 265 g/mol. The van der Waals surface area contributed by atoms with E-state index in [-0.39, 0.29) is 5.92 Å². The van der Waals surface area contributed by atoms with Gasteiger partial charge in [-0.1, -0.05) is 12.1 Å². The molecule has 1 aromatic carbocycles. The summed E-state index contributed by atoms with van der Waals surface area (Å²) in [5.41, 5.74) is 1.31. The van der Waals surface area contributed by atoms with Crippen LogP contribution in [0.3, 0.4) is 0 Å². The van der Waals surface area contributed by atoms with Crippen molar-refractivity contribution in [2.24, 2.45) is 0 Å². The number of benzene rings is 1. The molecule has 1 N–H and O–H groups in total. The van der Waals surface area contributed by atoms with Gasteiger partial charge in [0, 0.05) is 11.9 Å². The van der Waals surface area contributed by atoms with Crippen LogP contribution < -0.4 is 5.32 Å². The van der Waals surface area contributed by atoms with Gasteiger partial charge in [-0.2, -0.15) is 13.2 Å². The molecule has 0 saturated carbocycles. The van der Waals surface area contributed by atoms with E-state index in [0.29, 0.717) is 5.52 Å². The maximum Gasteiger partial charge on any atom is 0.433 e. The van der Waals surface area contributed by atoms with Gasteiger partial charge in [-0.3, -0.25) is 0 Å². The lowest BCUT2D eigenvalue weighted by Crippen LogP contribution is -2.12. The highest BCUT2D eigenvalue weighted by Crippen LogP contribution is 2.35. The van der Waals surface area contributed by atoms with Gasteiger partial charge in [0.2, 0.25) is 0 Å². The molecule has 1 aliphatic rings. The van der Waals surface area contributed by atoms with Crippen molar-refractivity contribution in [1.82, 2.24) is 10.3 Å². The van der Waals surface area contributed by atoms with Crippen LogP contribution in [-0.4, -0.2) is 18.1 Å². The van der Waals surface area contributed by atoms with Crippen molar-refractivity contribution in [3.05, 3.63) is 41.1 Å². The third-order valence-electron chi connectivity index (χ3n) is 3.79. The van der Waals surface area contributed by atoms with E-state index in [4.69, 9.17) is 0 Å². The van der Waals surface area contributed by atoms with Crippen LogP contribution >= 0.6 is 0 Å². The van der Waals surface area contributed by atoms with Crippen LogP contribution in [0.15, 0.2) is 24.3 Å². The predicted molar refractivity (Wildman–Crippen MR) is 71.7 cm³/mol. The van der Waals surface area contributed by atoms with Crippen LogP contribution in [0.25, 0.3) is 10.9 Å². The van der Waals surface area contributed by atoms with E-state index in [1.807, 2.05) is 19.1 Å². The Morgan fingerprint density at radius 1 is 1.25 bits per heavy atom. The van der Waals surface area contributed by atoms with Crippen molar-refractivity contribution in [3.63, 3.8) is 0 Å². The van der Waals surface area contributed by atoms with Crippen molar-refractivity contribution in [2.75, 3.05) is 13.1 Å². The van der Waals surface area contributed by atoms with Crippen molar-refractivity contribution < 1.29 is 13.2 Å². The summed E-state index contributed by atoms with van der Waals surface area (Å²) in [5, 5.41) is 4.03. The number of nitrogens with zero attached hydrogens (tertiary/aromatic N) is 1. The lowest BCUT2D eigenvalue weighted by Gasteiger charge is -2.16. The maximum absolute atomic E-state index is 13.0. The van der Waals surface area contributed by atoms with E-state index < -0.39 is 11.9 Å². The molecule has 0 aliphatic carbocycles. The number of alkyl halides is 3. The molecule has 1 aromatic heterocycles. The minimum atomic E-state index is -4.40. The summed E-state index contributed by atoms with van der Waals surface area (Å²) < 4.78 is 39.0. The number of rotatable bonds is 1. The zero-order chi connectivity index (χ0) is 14.3. The number of hydrogen-bond acceptors (Lipinski definition) is 2. The molecule has 2 aromatic rings. The number of hydrogen-bond donors (Lipinski definition) is 1. The summed E-state index contributed by atoms with van der Waals surface area (Å²) in [6, 6.07) is 6.74. The molecule has 0 amide bonds. The average Bonchev–Trinajstić information content (AvgIpc) is 2.89. The summed E-state index contributed by atoms with van der Waals surface area (Å²) in [4.78, 5) is 3.79. The van der Waals surface area contributed by atoms with Gasteiger partial charge in [0.1, 0.15) is 5.69 Å². The molecule has 2 nitrogen and oxygen atoms in total. The molecule has 1 aliphatic heterocycles. The fourth-order valence-electron chi connectivity index (χ4n) is 2.77. The van der Waals surface area contributed by atoms with Gasteiger partial charge >= 0.3 is 6.18 Å². The third kappa shape index (κ3) is 2.38. The Morgan fingerprint density at radius 2 is 2.05 bits per heavy atom. The molecule has 106 valence electrons. The van der Waals surface area contributed by atoms with Gasteiger partial charge < -0.3 is 5.32 Å². The fourth-order valence-corrected chi connectivity index (χ4v) is 2.77. The number of nitrogens with one attached hydrogen (secondary N) is 1. The SMILES string of the molecule is Cc1ccc2c(C3CCNC3)cc(C(F)(F)F)nc2c1. The van der Waals surface area contributed by atoms with Gasteiger partial charge in [-0.05, 0) is 49.1 Å². The molecule has 5 heteroatoms. The molecule has 0 spiro atoms. The summed E-state index contributed by atoms with van der Waals surface area (Å²) in [6.07, 6.45) is -3.54. The Hall–Kier alpha value is -1.62. The molecule has 0 bridgehead atoms. The lowest BCUT2D eigenvalue weighted by molar-refractivity contribution is -0.141. The molecule has 1 saturated heterocycles. The van der Waals surface area contributed by atoms with Crippen LogP contribution in [-0.2, 0) is 6.18 Å². The lowest BCUT2D eigenvalue weighted by atomic mass is 9.93. The monoisotopic (exact) mass is 280 g/mol. The third-order valence-corrected chi connectivity index (χ3v) is 3.79. The average molecular weight is 280 g/mol. The van der Waals surface area contributed by atoms with Gasteiger partial charge in [-0.25, -0.2) is 4.98 Å². The molecule has 3 rings (SSSR count). The van der Waals surface area contributed by atoms with E-state index in [1.165, 1.54) is 6.07 Å². The Balaban J connectivity index is 2.24. The first kappa shape index (κ1) is 13.4. The highest BCUT2D eigenvalue weighted by Gasteiger charge is 2.34. The van der Waals surface area contributed by atoms with E-state index in [1.54, 1.807) is 6.07 Å². The van der Waals surface area contributed by atoms with Crippen molar-refractivity contribution in [3.8, 4) is 0 Å². The van der Waals surface area contributed by atoms with Gasteiger partial charge in [-0.15, -0.1) is 0 Å². The smallest absolute Gasteiger partial charge is 0.316 e. The van der Waals surface area contributed by atoms with Crippen molar-refractivity contribution in [2.45, 2.75) is 25.4 Å². The Morgan fingerprint density at radius 3 is 2.70 bits per heavy atom. The second-order valence-corrected chi connectivity index (χ2v) is 5.30. The minimum Gasteiger partial charge on any atom is -0.316 e. The zero-order valence-corrected chi connectivity index (χ0v) is 11.1.